The lowest BCUT2D eigenvalue weighted by molar-refractivity contribution is -0.136. The molecule has 0 saturated heterocycles. The maximum absolute atomic E-state index is 13.1. The fourth-order valence-electron chi connectivity index (χ4n) is 2.69. The van der Waals surface area contributed by atoms with Gasteiger partial charge in [-0.25, -0.2) is 0 Å². The number of rotatable bonds is 7. The molecule has 0 heterocycles. The predicted octanol–water partition coefficient (Wildman–Crippen LogP) is 4.49. The number of carbonyl (C=O) groups is 2. The van der Waals surface area contributed by atoms with Gasteiger partial charge in [-0.2, -0.15) is 0 Å². The third-order valence-corrected chi connectivity index (χ3v) is 4.23. The van der Waals surface area contributed by atoms with Crippen LogP contribution >= 0.6 is 0 Å². The van der Waals surface area contributed by atoms with Crippen molar-refractivity contribution in [1.82, 2.24) is 0 Å². The number of amides is 2. The average molecular weight is 368 g/mol. The Balaban J connectivity index is 2.23. The summed E-state index contributed by atoms with van der Waals surface area (Å²) in [6, 6.07) is 16.6. The highest BCUT2D eigenvalue weighted by Gasteiger charge is 2.39. The number of ether oxygens (including phenoxy) is 1. The highest BCUT2D eigenvalue weighted by Crippen LogP contribution is 2.29. The van der Waals surface area contributed by atoms with E-state index >= 15 is 0 Å². The summed E-state index contributed by atoms with van der Waals surface area (Å²) in [6.07, 6.45) is -0.0219. The molecule has 0 bridgehead atoms. The van der Waals surface area contributed by atoms with Gasteiger partial charge in [0.25, 0.3) is 0 Å². The van der Waals surface area contributed by atoms with Crippen LogP contribution in [0, 0.1) is 5.41 Å². The molecular formula is C22H28N2O3. The third-order valence-electron chi connectivity index (χ3n) is 4.23. The first kappa shape index (κ1) is 20.5. The first-order valence-electron chi connectivity index (χ1n) is 9.21. The fourth-order valence-corrected chi connectivity index (χ4v) is 2.69. The van der Waals surface area contributed by atoms with Crippen LogP contribution < -0.4 is 15.0 Å². The molecule has 0 fully saturated rings. The third kappa shape index (κ3) is 4.88. The lowest BCUT2D eigenvalue weighted by Crippen LogP contribution is -2.47. The fraction of sp³-hybridized carbons (Fsp3) is 0.364. The lowest BCUT2D eigenvalue weighted by atomic mass is 9.89. The van der Waals surface area contributed by atoms with Gasteiger partial charge in [0.15, 0.2) is 0 Å². The summed E-state index contributed by atoms with van der Waals surface area (Å²) < 4.78 is 5.75. The van der Waals surface area contributed by atoms with Gasteiger partial charge >= 0.3 is 0 Å². The molecule has 0 aliphatic carbocycles. The topological polar surface area (TPSA) is 58.6 Å². The van der Waals surface area contributed by atoms with Crippen molar-refractivity contribution in [2.24, 2.45) is 5.41 Å². The first-order valence-corrected chi connectivity index (χ1v) is 9.21. The Labute approximate surface area is 161 Å². The van der Waals surface area contributed by atoms with Crippen LogP contribution in [0.5, 0.6) is 5.75 Å². The van der Waals surface area contributed by atoms with Crippen LogP contribution in [0.4, 0.5) is 11.4 Å². The zero-order chi connectivity index (χ0) is 20.0. The Morgan fingerprint density at radius 2 is 1.63 bits per heavy atom. The number of hydrogen-bond acceptors (Lipinski definition) is 3. The first-order chi connectivity index (χ1) is 12.8. The molecule has 5 heteroatoms. The highest BCUT2D eigenvalue weighted by molar-refractivity contribution is 6.15. The molecule has 0 saturated carbocycles. The molecule has 2 rings (SSSR count). The number of benzene rings is 2. The van der Waals surface area contributed by atoms with E-state index in [0.717, 1.165) is 5.69 Å². The predicted molar refractivity (Wildman–Crippen MR) is 109 cm³/mol. The normalized spacial score (nSPS) is 11.2. The van der Waals surface area contributed by atoms with E-state index in [-0.39, 0.29) is 17.9 Å². The summed E-state index contributed by atoms with van der Waals surface area (Å²) in [4.78, 5) is 27.7. The van der Waals surface area contributed by atoms with Crippen LogP contribution in [0.25, 0.3) is 0 Å². The number of carbonyl (C=O) groups excluding carboxylic acids is 2. The number of nitrogens with one attached hydrogen (secondary N) is 1. The molecule has 27 heavy (non-hydrogen) atoms. The minimum absolute atomic E-state index is 0.0219. The Hall–Kier alpha value is -2.82. The monoisotopic (exact) mass is 368 g/mol. The summed E-state index contributed by atoms with van der Waals surface area (Å²) in [5.74, 6) is -0.0443. The Morgan fingerprint density at radius 3 is 2.22 bits per heavy atom. The molecule has 0 radical (unpaired) electrons. The molecule has 0 atom stereocenters. The summed E-state index contributed by atoms with van der Waals surface area (Å²) >= 11 is 0. The molecule has 1 N–H and O–H groups in total. The molecule has 2 amide bonds. The van der Waals surface area contributed by atoms with Crippen molar-refractivity contribution in [3.8, 4) is 5.75 Å². The van der Waals surface area contributed by atoms with Crippen molar-refractivity contribution in [2.75, 3.05) is 16.8 Å². The van der Waals surface area contributed by atoms with Crippen molar-refractivity contribution in [3.05, 3.63) is 54.6 Å². The van der Waals surface area contributed by atoms with E-state index in [1.807, 2.05) is 63.2 Å². The van der Waals surface area contributed by atoms with Crippen molar-refractivity contribution in [2.45, 2.75) is 40.7 Å². The van der Waals surface area contributed by atoms with Crippen LogP contribution in [-0.4, -0.2) is 24.5 Å². The molecule has 144 valence electrons. The smallest absolute Gasteiger partial charge is 0.242 e. The Bertz CT molecular complexity index is 785. The van der Waals surface area contributed by atoms with Crippen molar-refractivity contribution in [1.29, 1.82) is 0 Å². The molecule has 0 aromatic heterocycles. The van der Waals surface area contributed by atoms with E-state index in [1.54, 1.807) is 30.9 Å². The van der Waals surface area contributed by atoms with Gasteiger partial charge in [0, 0.05) is 12.2 Å². The molecule has 0 aliphatic rings. The van der Waals surface area contributed by atoms with Crippen molar-refractivity contribution < 1.29 is 14.3 Å². The van der Waals surface area contributed by atoms with Crippen molar-refractivity contribution >= 4 is 23.2 Å². The zero-order valence-electron chi connectivity index (χ0n) is 16.7. The number of para-hydroxylation sites is 3. The second-order valence-corrected chi connectivity index (χ2v) is 7.13. The quantitative estimate of drug-likeness (QED) is 0.733. The van der Waals surface area contributed by atoms with Crippen LogP contribution in [0.3, 0.4) is 0 Å². The van der Waals surface area contributed by atoms with E-state index in [2.05, 4.69) is 5.32 Å². The molecule has 0 spiro atoms. The molecular weight excluding hydrogens is 340 g/mol. The maximum Gasteiger partial charge on any atom is 0.242 e. The van der Waals surface area contributed by atoms with Gasteiger partial charge in [0.05, 0.1) is 11.8 Å². The number of anilines is 2. The van der Waals surface area contributed by atoms with Gasteiger partial charge in [0.2, 0.25) is 11.8 Å². The maximum atomic E-state index is 13.1. The van der Waals surface area contributed by atoms with E-state index in [1.165, 1.54) is 0 Å². The van der Waals surface area contributed by atoms with E-state index in [4.69, 9.17) is 4.74 Å². The van der Waals surface area contributed by atoms with Crippen LogP contribution in [0.2, 0.25) is 0 Å². The second-order valence-electron chi connectivity index (χ2n) is 7.13. The second kappa shape index (κ2) is 8.71. The van der Waals surface area contributed by atoms with Crippen LogP contribution in [0.15, 0.2) is 54.6 Å². The van der Waals surface area contributed by atoms with Gasteiger partial charge in [-0.15, -0.1) is 0 Å². The molecule has 2 aromatic rings. The number of hydrogen-bond donors (Lipinski definition) is 1. The van der Waals surface area contributed by atoms with Crippen LogP contribution in [0.1, 0.15) is 34.6 Å². The average Bonchev–Trinajstić information content (AvgIpc) is 2.64. The van der Waals surface area contributed by atoms with Gasteiger partial charge in [-0.05, 0) is 58.9 Å². The largest absolute Gasteiger partial charge is 0.489 e. The summed E-state index contributed by atoms with van der Waals surface area (Å²) in [5.41, 5.74) is 0.0887. The van der Waals surface area contributed by atoms with Gasteiger partial charge in [0.1, 0.15) is 11.2 Å². The summed E-state index contributed by atoms with van der Waals surface area (Å²) in [6.45, 7) is 9.50. The molecule has 0 unspecified atom stereocenters. The number of nitrogens with zero attached hydrogens (tertiary/aromatic N) is 1. The molecule has 0 aliphatic heterocycles. The highest BCUT2D eigenvalue weighted by atomic mass is 16.5. The standard InChI is InChI=1S/C22H28N2O3/c1-6-24(17-12-8-7-9-13-17)21(26)22(4,5)20(25)23-18-14-10-11-15-19(18)27-16(2)3/h7-16H,6H2,1-5H3,(H,23,25). The summed E-state index contributed by atoms with van der Waals surface area (Å²) in [7, 11) is 0. The zero-order valence-corrected chi connectivity index (χ0v) is 16.7. The Kier molecular flexibility index (Phi) is 6.61. The van der Waals surface area contributed by atoms with Gasteiger partial charge in [-0.3, -0.25) is 9.59 Å². The van der Waals surface area contributed by atoms with Crippen molar-refractivity contribution in [3.63, 3.8) is 0 Å². The SMILES string of the molecule is CCN(C(=O)C(C)(C)C(=O)Nc1ccccc1OC(C)C)c1ccccc1. The minimum Gasteiger partial charge on any atom is -0.489 e. The minimum atomic E-state index is -1.24. The van der Waals surface area contributed by atoms with Gasteiger partial charge in [-0.1, -0.05) is 30.3 Å². The Morgan fingerprint density at radius 1 is 1.04 bits per heavy atom. The molecule has 5 nitrogen and oxygen atoms in total. The van der Waals surface area contributed by atoms with E-state index < -0.39 is 5.41 Å². The summed E-state index contributed by atoms with van der Waals surface area (Å²) in [5, 5.41) is 2.86. The van der Waals surface area contributed by atoms with Crippen LogP contribution in [-0.2, 0) is 9.59 Å². The van der Waals surface area contributed by atoms with E-state index in [9.17, 15) is 9.59 Å². The molecule has 2 aromatic carbocycles. The van der Waals surface area contributed by atoms with Gasteiger partial charge < -0.3 is 15.0 Å². The lowest BCUT2D eigenvalue weighted by Gasteiger charge is -2.30. The van der Waals surface area contributed by atoms with E-state index in [0.29, 0.717) is 18.0 Å².